The van der Waals surface area contributed by atoms with E-state index in [2.05, 4.69) is 25.9 Å². The largest absolute Gasteiger partial charge is 0.490 e. The molecule has 3 heterocycles. The third-order valence-electron chi connectivity index (χ3n) is 5.86. The van der Waals surface area contributed by atoms with Crippen molar-refractivity contribution in [1.29, 1.82) is 0 Å². The molecule has 5 aromatic rings. The van der Waals surface area contributed by atoms with Crippen molar-refractivity contribution >= 4 is 45.9 Å². The molecule has 0 saturated heterocycles. The minimum Gasteiger partial charge on any atom is -0.490 e. The number of nitrogens with zero attached hydrogens (tertiary/aromatic N) is 5. The fourth-order valence-electron chi connectivity index (χ4n) is 4.14. The summed E-state index contributed by atoms with van der Waals surface area (Å²) in [5.74, 6) is 1.14. The molecule has 3 aromatic heterocycles. The van der Waals surface area contributed by atoms with Crippen molar-refractivity contribution in [2.45, 2.75) is 19.9 Å². The molecule has 0 radical (unpaired) electrons. The number of amides is 2. The summed E-state index contributed by atoms with van der Waals surface area (Å²) in [6.07, 6.45) is 2.34. The molecule has 0 saturated carbocycles. The molecule has 0 aliphatic carbocycles. The number of carbonyl (C=O) groups is 1. The Kier molecular flexibility index (Phi) is 7.57. The number of anilines is 3. The Hall–Kier alpha value is -4.68. The van der Waals surface area contributed by atoms with E-state index in [4.69, 9.17) is 37.4 Å². The highest BCUT2D eigenvalue weighted by Gasteiger charge is 2.24. The number of fused-ring (bicyclic) bond motifs is 1. The molecule has 13 heteroatoms. The summed E-state index contributed by atoms with van der Waals surface area (Å²) in [7, 11) is 0. The smallest absolute Gasteiger partial charge is 0.323 e. The zero-order valence-electron chi connectivity index (χ0n) is 21.0. The third-order valence-corrected chi connectivity index (χ3v) is 6.10. The maximum Gasteiger partial charge on any atom is 0.323 e. The highest BCUT2D eigenvalue weighted by atomic mass is 35.5. The van der Waals surface area contributed by atoms with Crippen LogP contribution in [0.5, 0.6) is 5.75 Å². The van der Waals surface area contributed by atoms with Gasteiger partial charge in [0.25, 0.3) is 0 Å². The van der Waals surface area contributed by atoms with Crippen LogP contribution in [0.15, 0.2) is 59.4 Å². The number of carbonyl (C=O) groups excluding carboxylic acids is 1. The summed E-state index contributed by atoms with van der Waals surface area (Å²) < 4.78 is 12.8. The Morgan fingerprint density at radius 2 is 1.87 bits per heavy atom. The lowest BCUT2D eigenvalue weighted by molar-refractivity contribution is 0.262. The van der Waals surface area contributed by atoms with Crippen molar-refractivity contribution < 1.29 is 14.2 Å². The Bertz CT molecular complexity index is 1630. The highest BCUT2D eigenvalue weighted by Crippen LogP contribution is 2.37. The van der Waals surface area contributed by atoms with E-state index < -0.39 is 6.03 Å². The maximum atomic E-state index is 12.6. The van der Waals surface area contributed by atoms with Gasteiger partial charge in [0.05, 0.1) is 18.5 Å². The topological polar surface area (TPSA) is 172 Å². The van der Waals surface area contributed by atoms with Gasteiger partial charge in [-0.15, -0.1) is 0 Å². The van der Waals surface area contributed by atoms with E-state index in [0.717, 1.165) is 5.56 Å². The number of hydrogen-bond donors (Lipinski definition) is 4. The minimum absolute atomic E-state index is 0.122. The minimum atomic E-state index is -0.414. The predicted octanol–water partition coefficient (Wildman–Crippen LogP) is 4.78. The number of ether oxygens (including phenoxy) is 1. The second-order valence-corrected chi connectivity index (χ2v) is 8.94. The number of nitrogens with one attached hydrogen (secondary N) is 2. The SMILES string of the molecule is CCn1c(-c2nonc2N)nc2c(-c3cccc(NC(=O)Nc4cccc(Cl)c4)c3)ncc(OCCCN)c21. The quantitative estimate of drug-likeness (QED) is 0.189. The van der Waals surface area contributed by atoms with Crippen molar-refractivity contribution in [3.8, 4) is 28.5 Å². The lowest BCUT2D eigenvalue weighted by Gasteiger charge is -2.12. The van der Waals surface area contributed by atoms with Crippen molar-refractivity contribution in [1.82, 2.24) is 24.8 Å². The summed E-state index contributed by atoms with van der Waals surface area (Å²) in [5.41, 5.74) is 15.7. The number of pyridine rings is 1. The second kappa shape index (κ2) is 11.4. The first-order valence-electron chi connectivity index (χ1n) is 12.2. The molecular formula is C26H26ClN9O3. The number of hydrogen-bond acceptors (Lipinski definition) is 9. The number of rotatable bonds is 9. The normalized spacial score (nSPS) is 11.1. The van der Waals surface area contributed by atoms with Crippen molar-refractivity contribution in [3.05, 3.63) is 59.8 Å². The van der Waals surface area contributed by atoms with E-state index in [0.29, 0.717) is 76.5 Å². The van der Waals surface area contributed by atoms with Crippen LogP contribution in [0.3, 0.4) is 0 Å². The first kappa shape index (κ1) is 25.9. The lowest BCUT2D eigenvalue weighted by Crippen LogP contribution is -2.19. The fourth-order valence-corrected chi connectivity index (χ4v) is 4.33. The van der Waals surface area contributed by atoms with Gasteiger partial charge in [-0.05, 0) is 60.5 Å². The van der Waals surface area contributed by atoms with Crippen LogP contribution in [0, 0.1) is 0 Å². The van der Waals surface area contributed by atoms with E-state index in [1.807, 2.05) is 29.7 Å². The average Bonchev–Trinajstić information content (AvgIpc) is 3.52. The molecule has 5 rings (SSSR count). The zero-order chi connectivity index (χ0) is 27.4. The Labute approximate surface area is 228 Å². The number of aryl methyl sites for hydroxylation is 1. The Balaban J connectivity index is 1.54. The summed E-state index contributed by atoms with van der Waals surface area (Å²) >= 11 is 6.02. The molecule has 0 bridgehead atoms. The monoisotopic (exact) mass is 547 g/mol. The number of nitrogen functional groups attached to an aromatic ring is 1. The van der Waals surface area contributed by atoms with Crippen LogP contribution in [-0.4, -0.2) is 44.0 Å². The number of halogens is 1. The van der Waals surface area contributed by atoms with Crippen LogP contribution in [0.25, 0.3) is 33.8 Å². The molecule has 0 spiro atoms. The van der Waals surface area contributed by atoms with Crippen LogP contribution in [0.2, 0.25) is 5.02 Å². The summed E-state index contributed by atoms with van der Waals surface area (Å²) in [5, 5.41) is 13.8. The van der Waals surface area contributed by atoms with Gasteiger partial charge in [-0.25, -0.2) is 19.4 Å². The van der Waals surface area contributed by atoms with E-state index in [-0.39, 0.29) is 5.82 Å². The molecule has 12 nitrogen and oxygen atoms in total. The first-order valence-corrected chi connectivity index (χ1v) is 12.6. The van der Waals surface area contributed by atoms with E-state index >= 15 is 0 Å². The van der Waals surface area contributed by atoms with Gasteiger partial charge in [0.1, 0.15) is 11.0 Å². The van der Waals surface area contributed by atoms with Gasteiger partial charge in [-0.1, -0.05) is 29.8 Å². The third kappa shape index (κ3) is 5.47. The number of aromatic nitrogens is 5. The molecule has 0 unspecified atom stereocenters. The molecule has 0 atom stereocenters. The van der Waals surface area contributed by atoms with Gasteiger partial charge >= 0.3 is 6.03 Å². The number of nitrogens with two attached hydrogens (primary N) is 2. The Morgan fingerprint density at radius 1 is 1.10 bits per heavy atom. The molecule has 39 heavy (non-hydrogen) atoms. The van der Waals surface area contributed by atoms with Crippen molar-refractivity contribution in [3.63, 3.8) is 0 Å². The predicted molar refractivity (Wildman–Crippen MR) is 150 cm³/mol. The van der Waals surface area contributed by atoms with Crippen LogP contribution in [0.4, 0.5) is 22.0 Å². The summed E-state index contributed by atoms with van der Waals surface area (Å²) in [6, 6.07) is 13.8. The molecule has 2 aromatic carbocycles. The van der Waals surface area contributed by atoms with Gasteiger partial charge in [0.2, 0.25) is 0 Å². The molecule has 200 valence electrons. The van der Waals surface area contributed by atoms with Crippen molar-refractivity contribution in [2.75, 3.05) is 29.5 Å². The van der Waals surface area contributed by atoms with Crippen LogP contribution < -0.4 is 26.8 Å². The lowest BCUT2D eigenvalue weighted by atomic mass is 10.1. The van der Waals surface area contributed by atoms with Crippen LogP contribution >= 0.6 is 11.6 Å². The number of benzene rings is 2. The first-order chi connectivity index (χ1) is 19.0. The molecule has 0 fully saturated rings. The fraction of sp³-hybridized carbons (Fsp3) is 0.192. The van der Waals surface area contributed by atoms with Gasteiger partial charge < -0.3 is 31.4 Å². The van der Waals surface area contributed by atoms with Gasteiger partial charge in [0.15, 0.2) is 23.1 Å². The number of imidazole rings is 1. The Morgan fingerprint density at radius 3 is 2.56 bits per heavy atom. The molecule has 0 aliphatic heterocycles. The highest BCUT2D eigenvalue weighted by molar-refractivity contribution is 6.30. The summed E-state index contributed by atoms with van der Waals surface area (Å²) in [6.45, 7) is 3.44. The van der Waals surface area contributed by atoms with E-state index in [9.17, 15) is 4.79 Å². The molecule has 0 aliphatic rings. The second-order valence-electron chi connectivity index (χ2n) is 8.51. The average molecular weight is 548 g/mol. The van der Waals surface area contributed by atoms with E-state index in [1.165, 1.54) is 0 Å². The molecular weight excluding hydrogens is 522 g/mol. The number of urea groups is 1. The standard InChI is InChI=1S/C26H26ClN9O3/c1-2-36-23-19(38-11-5-10-28)14-30-20(21(23)33-25(36)22-24(29)35-39-34-22)15-6-3-8-17(12-15)31-26(37)32-18-9-4-7-16(27)13-18/h3-4,6-9,12-14H,2,5,10-11,28H2,1H3,(H2,29,35)(H2,31,32,37). The van der Waals surface area contributed by atoms with E-state index in [1.54, 1.807) is 36.5 Å². The van der Waals surface area contributed by atoms with Gasteiger partial charge in [-0.2, -0.15) is 0 Å². The van der Waals surface area contributed by atoms with Gasteiger partial charge in [0, 0.05) is 28.5 Å². The van der Waals surface area contributed by atoms with Crippen LogP contribution in [-0.2, 0) is 6.54 Å². The maximum absolute atomic E-state index is 12.6. The molecule has 6 N–H and O–H groups in total. The van der Waals surface area contributed by atoms with Crippen molar-refractivity contribution in [2.24, 2.45) is 5.73 Å². The van der Waals surface area contributed by atoms with Crippen LogP contribution in [0.1, 0.15) is 13.3 Å². The summed E-state index contributed by atoms with van der Waals surface area (Å²) in [4.78, 5) is 22.1. The zero-order valence-corrected chi connectivity index (χ0v) is 21.8. The molecule has 2 amide bonds. The van der Waals surface area contributed by atoms with Gasteiger partial charge in [-0.3, -0.25) is 0 Å².